The average molecular weight is 648 g/mol. The van der Waals surface area contributed by atoms with Crippen molar-refractivity contribution in [3.63, 3.8) is 0 Å². The number of imidazole rings is 1. The zero-order valence-electron chi connectivity index (χ0n) is 24.5. The van der Waals surface area contributed by atoms with Gasteiger partial charge in [0.25, 0.3) is 0 Å². The molecule has 4 aromatic rings. The maximum Gasteiger partial charge on any atom is 0.409 e. The molecule has 0 spiro atoms. The topological polar surface area (TPSA) is 153 Å². The lowest BCUT2D eigenvalue weighted by Crippen LogP contribution is -2.38. The van der Waals surface area contributed by atoms with E-state index in [1.54, 1.807) is 36.4 Å². The van der Waals surface area contributed by atoms with E-state index in [2.05, 4.69) is 25.6 Å². The van der Waals surface area contributed by atoms with Gasteiger partial charge in [-0.25, -0.2) is 28.5 Å². The number of hydrogen-bond acceptors (Lipinski definition) is 6. The van der Waals surface area contributed by atoms with Crippen molar-refractivity contribution in [2.75, 3.05) is 17.2 Å². The Hall–Kier alpha value is -5.17. The van der Waals surface area contributed by atoms with Gasteiger partial charge in [0.15, 0.2) is 5.82 Å². The van der Waals surface area contributed by atoms with Gasteiger partial charge in [0, 0.05) is 47.7 Å². The van der Waals surface area contributed by atoms with E-state index in [-0.39, 0.29) is 40.7 Å². The highest BCUT2D eigenvalue weighted by Crippen LogP contribution is 2.40. The molecule has 14 heteroatoms. The predicted molar refractivity (Wildman–Crippen MR) is 167 cm³/mol. The molecule has 2 aliphatic rings. The van der Waals surface area contributed by atoms with Crippen LogP contribution in [-0.4, -0.2) is 54.4 Å². The Morgan fingerprint density at radius 1 is 1.13 bits per heavy atom. The van der Waals surface area contributed by atoms with E-state index in [1.165, 1.54) is 18.5 Å². The molecule has 3 amide bonds. The van der Waals surface area contributed by atoms with Crippen LogP contribution < -0.4 is 10.6 Å². The van der Waals surface area contributed by atoms with Crippen molar-refractivity contribution in [1.82, 2.24) is 24.8 Å². The Kier molecular flexibility index (Phi) is 8.50. The van der Waals surface area contributed by atoms with Crippen LogP contribution in [0.1, 0.15) is 50.0 Å². The number of carbonyl (C=O) groups excluding carboxylic acids is 2. The summed E-state index contributed by atoms with van der Waals surface area (Å²) in [5.74, 6) is -2.40. The van der Waals surface area contributed by atoms with Crippen molar-refractivity contribution >= 4 is 46.5 Å². The Labute approximate surface area is 266 Å². The summed E-state index contributed by atoms with van der Waals surface area (Å²) in [6.45, 7) is 1.94. The maximum absolute atomic E-state index is 14.8. The van der Waals surface area contributed by atoms with Gasteiger partial charge in [-0.1, -0.05) is 24.9 Å². The average Bonchev–Trinajstić information content (AvgIpc) is 3.46. The summed E-state index contributed by atoms with van der Waals surface area (Å²) >= 11 is 5.91. The lowest BCUT2D eigenvalue weighted by molar-refractivity contribution is -0.129. The Bertz CT molecular complexity index is 1880. The molecule has 0 unspecified atom stereocenters. The van der Waals surface area contributed by atoms with Crippen LogP contribution in [0.5, 0.6) is 0 Å². The normalized spacial score (nSPS) is 18.5. The van der Waals surface area contributed by atoms with Gasteiger partial charge in [-0.05, 0) is 55.2 Å². The van der Waals surface area contributed by atoms with Gasteiger partial charge in [0.2, 0.25) is 11.8 Å². The third-order valence-electron chi connectivity index (χ3n) is 8.18. The van der Waals surface area contributed by atoms with Crippen LogP contribution in [0.4, 0.5) is 25.0 Å². The zero-order chi connectivity index (χ0) is 32.5. The second-order valence-electron chi connectivity index (χ2n) is 11.2. The Morgan fingerprint density at radius 3 is 2.65 bits per heavy atom. The number of benzene rings is 2. The highest BCUT2D eigenvalue weighted by molar-refractivity contribution is 6.31. The van der Waals surface area contributed by atoms with Crippen LogP contribution in [0, 0.1) is 17.6 Å². The lowest BCUT2D eigenvalue weighted by Gasteiger charge is -2.33. The highest BCUT2D eigenvalue weighted by Gasteiger charge is 2.33. The Morgan fingerprint density at radius 2 is 1.91 bits per heavy atom. The molecule has 0 radical (unpaired) electrons. The van der Waals surface area contributed by atoms with Crippen LogP contribution in [0.3, 0.4) is 0 Å². The molecule has 2 bridgehead atoms. The summed E-state index contributed by atoms with van der Waals surface area (Å²) in [7, 11) is 0. The van der Waals surface area contributed by atoms with E-state index in [9.17, 15) is 28.3 Å². The molecule has 6 rings (SSSR count). The number of anilines is 2. The van der Waals surface area contributed by atoms with E-state index in [4.69, 9.17) is 16.6 Å². The first-order chi connectivity index (χ1) is 22.1. The summed E-state index contributed by atoms with van der Waals surface area (Å²) in [5, 5.41) is 14.3. The Balaban J connectivity index is 1.47. The fourth-order valence-corrected chi connectivity index (χ4v) is 6.02. The molecule has 11 nitrogen and oxygen atoms in total. The number of amides is 3. The lowest BCUT2D eigenvalue weighted by atomic mass is 9.95. The largest absolute Gasteiger partial charge is 0.465 e. The maximum atomic E-state index is 14.8. The number of aromatic amines is 1. The minimum Gasteiger partial charge on any atom is -0.465 e. The van der Waals surface area contributed by atoms with Gasteiger partial charge in [-0.3, -0.25) is 14.9 Å². The summed E-state index contributed by atoms with van der Waals surface area (Å²) in [6.07, 6.45) is 6.19. The van der Waals surface area contributed by atoms with E-state index in [0.29, 0.717) is 53.3 Å². The number of H-pyrrole nitrogens is 1. The molecule has 46 heavy (non-hydrogen) atoms. The summed E-state index contributed by atoms with van der Waals surface area (Å²) < 4.78 is 29.5. The van der Waals surface area contributed by atoms with Gasteiger partial charge >= 0.3 is 6.09 Å². The predicted octanol–water partition coefficient (Wildman–Crippen LogP) is 6.67. The number of carboxylic acid groups (broad SMARTS) is 1. The monoisotopic (exact) mass is 647 g/mol. The molecule has 0 saturated heterocycles. The summed E-state index contributed by atoms with van der Waals surface area (Å²) in [5.41, 5.74) is 2.49. The van der Waals surface area contributed by atoms with Gasteiger partial charge in [0.05, 0.1) is 33.7 Å². The van der Waals surface area contributed by atoms with Crippen LogP contribution >= 0.6 is 11.6 Å². The van der Waals surface area contributed by atoms with Crippen molar-refractivity contribution in [2.24, 2.45) is 5.92 Å². The number of hydrogen-bond donors (Lipinski definition) is 4. The molecule has 4 heterocycles. The molecule has 2 aliphatic heterocycles. The minimum atomic E-state index is -1.26. The van der Waals surface area contributed by atoms with Crippen LogP contribution in [0.25, 0.3) is 28.1 Å². The number of carbonyl (C=O) groups is 3. The molecule has 2 aromatic carbocycles. The molecular weight excluding hydrogens is 620 g/mol. The van der Waals surface area contributed by atoms with Crippen molar-refractivity contribution in [1.29, 1.82) is 0 Å². The van der Waals surface area contributed by atoms with Crippen molar-refractivity contribution in [3.05, 3.63) is 83.2 Å². The van der Waals surface area contributed by atoms with Gasteiger partial charge in [-0.15, -0.1) is 0 Å². The smallest absolute Gasteiger partial charge is 0.409 e. The number of fused-ring (bicyclic) bond motifs is 4. The first kappa shape index (κ1) is 30.8. The van der Waals surface area contributed by atoms with Crippen molar-refractivity contribution in [2.45, 2.75) is 38.6 Å². The number of nitrogens with one attached hydrogen (secondary N) is 3. The van der Waals surface area contributed by atoms with E-state index in [0.717, 1.165) is 12.1 Å². The highest BCUT2D eigenvalue weighted by atomic mass is 35.5. The van der Waals surface area contributed by atoms with E-state index in [1.807, 2.05) is 0 Å². The molecule has 4 N–H and O–H groups in total. The number of rotatable bonds is 4. The van der Waals surface area contributed by atoms with Gasteiger partial charge in [0.1, 0.15) is 18.0 Å². The van der Waals surface area contributed by atoms with E-state index < -0.39 is 35.6 Å². The number of aromatic nitrogens is 4. The standard InChI is InChI=1S/C32H28ClF2N7O4/c1-16-3-2-4-24(42-10-9-17(11-25(42)43)26-22(34)8-7-21(33)27(26)35)30-40-28(18-13-36-15-37-14-18)29(41-30)20-6-5-19(38-32(45)46)12-23(20)39-31(16)44/h5-8,11-16,24,38H,2-4,9-10H2,1H3,(H,39,44)(H,40,41)(H,45,46)/t16-,24+/m1/s1. The van der Waals surface area contributed by atoms with Gasteiger partial charge in [-0.2, -0.15) is 0 Å². The van der Waals surface area contributed by atoms with E-state index >= 15 is 0 Å². The fraction of sp³-hybridized carbons (Fsp3) is 0.250. The zero-order valence-corrected chi connectivity index (χ0v) is 25.2. The van der Waals surface area contributed by atoms with Crippen molar-refractivity contribution in [3.8, 4) is 22.5 Å². The minimum absolute atomic E-state index is 0.150. The second-order valence-corrected chi connectivity index (χ2v) is 11.6. The fourth-order valence-electron chi connectivity index (χ4n) is 5.86. The SMILES string of the molecule is C[C@@H]1CCC[C@H](N2CCC(c3c(F)ccc(Cl)c3F)=CC2=O)c2nc(c(-c3cncnc3)[nH]2)-c2ccc(NC(=O)O)cc2NC1=O. The summed E-state index contributed by atoms with van der Waals surface area (Å²) in [6, 6.07) is 6.34. The van der Waals surface area contributed by atoms with Crippen molar-refractivity contribution < 1.29 is 28.3 Å². The molecule has 2 aromatic heterocycles. The van der Waals surface area contributed by atoms with Crippen LogP contribution in [0.2, 0.25) is 5.02 Å². The molecule has 236 valence electrons. The number of nitrogens with zero attached hydrogens (tertiary/aromatic N) is 4. The third-order valence-corrected chi connectivity index (χ3v) is 8.47. The summed E-state index contributed by atoms with van der Waals surface area (Å²) in [4.78, 5) is 56.5. The molecule has 0 saturated carbocycles. The second kappa shape index (κ2) is 12.7. The van der Waals surface area contributed by atoms with Crippen LogP contribution in [-0.2, 0) is 9.59 Å². The molecule has 2 atom stereocenters. The van der Waals surface area contributed by atoms with Crippen LogP contribution in [0.15, 0.2) is 55.1 Å². The quantitative estimate of drug-likeness (QED) is 0.180. The molecule has 0 aliphatic carbocycles. The first-order valence-electron chi connectivity index (χ1n) is 14.6. The molecular formula is C32H28ClF2N7O4. The molecule has 0 fully saturated rings. The number of halogens is 3. The first-order valence-corrected chi connectivity index (χ1v) is 14.9. The third kappa shape index (κ3) is 6.05. The van der Waals surface area contributed by atoms with Gasteiger partial charge < -0.3 is 20.3 Å².